The van der Waals surface area contributed by atoms with Crippen LogP contribution < -0.4 is 5.32 Å². The molecule has 0 saturated carbocycles. The van der Waals surface area contributed by atoms with Gasteiger partial charge in [-0.2, -0.15) is 0 Å². The van der Waals surface area contributed by atoms with Gasteiger partial charge in [0.2, 0.25) is 11.8 Å². The first-order valence-electron chi connectivity index (χ1n) is 5.39. The van der Waals surface area contributed by atoms with Gasteiger partial charge < -0.3 is 9.84 Å². The van der Waals surface area contributed by atoms with Crippen LogP contribution in [0.3, 0.4) is 0 Å². The van der Waals surface area contributed by atoms with Crippen molar-refractivity contribution < 1.29 is 19.4 Å². The number of aliphatic hydroxyl groups is 1. The van der Waals surface area contributed by atoms with Crippen LogP contribution in [0.4, 0.5) is 0 Å². The zero-order valence-electron chi connectivity index (χ0n) is 10.4. The van der Waals surface area contributed by atoms with Crippen LogP contribution in [0, 0.1) is 0 Å². The molecule has 16 heavy (non-hydrogen) atoms. The number of nitrogens with one attached hydrogen (secondary N) is 1. The maximum Gasteiger partial charge on any atom is 0.229 e. The minimum absolute atomic E-state index is 0.0894. The highest BCUT2D eigenvalue weighted by Gasteiger charge is 2.19. The first kappa shape index (κ1) is 15.1. The van der Waals surface area contributed by atoms with Crippen LogP contribution >= 0.6 is 0 Å². The number of carbonyl (C=O) groups is 2. The Morgan fingerprint density at radius 1 is 1.44 bits per heavy atom. The van der Waals surface area contributed by atoms with Crippen LogP contribution in [0.1, 0.15) is 40.5 Å². The molecule has 0 aromatic carbocycles. The molecule has 0 saturated heterocycles. The molecule has 5 nitrogen and oxygen atoms in total. The number of aliphatic hydroxyl groups excluding tert-OH is 1. The molecule has 2 amide bonds. The molecule has 0 heterocycles. The zero-order chi connectivity index (χ0) is 12.8. The van der Waals surface area contributed by atoms with Gasteiger partial charge in [-0.25, -0.2) is 0 Å². The van der Waals surface area contributed by atoms with Gasteiger partial charge in [0, 0.05) is 6.92 Å². The normalized spacial score (nSPS) is 13.3. The van der Waals surface area contributed by atoms with Gasteiger partial charge in [0.1, 0.15) is 0 Å². The fraction of sp³-hybridized carbons (Fsp3) is 0.818. The molecule has 2 N–H and O–H groups in total. The minimum atomic E-state index is -0.884. The Morgan fingerprint density at radius 2 is 2.00 bits per heavy atom. The maximum atomic E-state index is 11.1. The number of hydrogen-bond acceptors (Lipinski definition) is 4. The van der Waals surface area contributed by atoms with Gasteiger partial charge in [-0.05, 0) is 20.3 Å². The van der Waals surface area contributed by atoms with Gasteiger partial charge in [-0.3, -0.25) is 14.9 Å². The highest BCUT2D eigenvalue weighted by atomic mass is 16.5. The molecule has 0 aliphatic carbocycles. The second-order valence-electron chi connectivity index (χ2n) is 4.39. The van der Waals surface area contributed by atoms with Crippen LogP contribution in [0.15, 0.2) is 0 Å². The predicted molar refractivity (Wildman–Crippen MR) is 59.8 cm³/mol. The molecule has 0 aliphatic rings. The Hall–Kier alpha value is -0.940. The second kappa shape index (κ2) is 6.60. The lowest BCUT2D eigenvalue weighted by Gasteiger charge is -2.25. The molecule has 0 aromatic heterocycles. The van der Waals surface area contributed by atoms with E-state index >= 15 is 0 Å². The summed E-state index contributed by atoms with van der Waals surface area (Å²) >= 11 is 0. The molecule has 0 radical (unpaired) electrons. The SMILES string of the molecule is CCC(C)(C)OCC(O)CC(=O)NC(C)=O. The number of rotatable bonds is 6. The molecule has 1 atom stereocenters. The number of hydrogen-bond donors (Lipinski definition) is 2. The topological polar surface area (TPSA) is 75.6 Å². The lowest BCUT2D eigenvalue weighted by Crippen LogP contribution is -2.34. The summed E-state index contributed by atoms with van der Waals surface area (Å²) in [5.41, 5.74) is -0.308. The molecule has 0 spiro atoms. The van der Waals surface area contributed by atoms with Crippen LogP contribution in [-0.4, -0.2) is 35.2 Å². The lowest BCUT2D eigenvalue weighted by atomic mass is 10.1. The van der Waals surface area contributed by atoms with E-state index in [0.29, 0.717) is 0 Å². The van der Waals surface area contributed by atoms with Crippen molar-refractivity contribution in [3.63, 3.8) is 0 Å². The van der Waals surface area contributed by atoms with Crippen molar-refractivity contribution >= 4 is 11.8 Å². The highest BCUT2D eigenvalue weighted by molar-refractivity contribution is 5.94. The van der Waals surface area contributed by atoms with Gasteiger partial charge in [0.25, 0.3) is 0 Å². The Kier molecular flexibility index (Phi) is 6.21. The molecular formula is C11H21NO4. The number of ether oxygens (including phenoxy) is 1. The summed E-state index contributed by atoms with van der Waals surface area (Å²) in [7, 11) is 0. The van der Waals surface area contributed by atoms with E-state index in [1.165, 1.54) is 6.92 Å². The largest absolute Gasteiger partial charge is 0.390 e. The third kappa shape index (κ3) is 7.36. The quantitative estimate of drug-likeness (QED) is 0.702. The molecular weight excluding hydrogens is 210 g/mol. The van der Waals surface area contributed by atoms with Gasteiger partial charge >= 0.3 is 0 Å². The number of amides is 2. The van der Waals surface area contributed by atoms with Crippen molar-refractivity contribution in [2.75, 3.05) is 6.61 Å². The first-order valence-corrected chi connectivity index (χ1v) is 5.39. The van der Waals surface area contributed by atoms with Crippen LogP contribution in [0.25, 0.3) is 0 Å². The van der Waals surface area contributed by atoms with E-state index in [-0.39, 0.29) is 18.6 Å². The van der Waals surface area contributed by atoms with E-state index in [1.807, 2.05) is 20.8 Å². The molecule has 0 aliphatic heterocycles. The van der Waals surface area contributed by atoms with Crippen LogP contribution in [-0.2, 0) is 14.3 Å². The molecule has 5 heteroatoms. The predicted octanol–water partition coefficient (Wildman–Crippen LogP) is 0.605. The van der Waals surface area contributed by atoms with Crippen LogP contribution in [0.5, 0.6) is 0 Å². The molecule has 94 valence electrons. The van der Waals surface area contributed by atoms with Crippen molar-refractivity contribution in [3.8, 4) is 0 Å². The van der Waals surface area contributed by atoms with E-state index in [4.69, 9.17) is 4.74 Å². The maximum absolute atomic E-state index is 11.1. The van der Waals surface area contributed by atoms with Crippen LogP contribution in [0.2, 0.25) is 0 Å². The fourth-order valence-corrected chi connectivity index (χ4v) is 0.944. The standard InChI is InChI=1S/C11H21NO4/c1-5-11(3,4)16-7-9(14)6-10(15)12-8(2)13/h9,14H,5-7H2,1-4H3,(H,12,13,15). The van der Waals surface area contributed by atoms with Crippen molar-refractivity contribution in [2.45, 2.75) is 52.2 Å². The zero-order valence-corrected chi connectivity index (χ0v) is 10.4. The number of carbonyl (C=O) groups excluding carboxylic acids is 2. The third-order valence-corrected chi connectivity index (χ3v) is 2.25. The smallest absolute Gasteiger partial charge is 0.229 e. The monoisotopic (exact) mass is 231 g/mol. The summed E-state index contributed by atoms with van der Waals surface area (Å²) in [6.07, 6.45) is -0.191. The van der Waals surface area contributed by atoms with Gasteiger partial charge in [-0.1, -0.05) is 6.92 Å². The Balaban J connectivity index is 3.86. The summed E-state index contributed by atoms with van der Waals surface area (Å²) in [4.78, 5) is 21.7. The van der Waals surface area contributed by atoms with Crippen molar-refractivity contribution in [1.29, 1.82) is 0 Å². The Labute approximate surface area is 96.2 Å². The van der Waals surface area contributed by atoms with E-state index < -0.39 is 17.9 Å². The molecule has 0 fully saturated rings. The summed E-state index contributed by atoms with van der Waals surface area (Å²) in [6.45, 7) is 7.15. The average molecular weight is 231 g/mol. The molecule has 0 bridgehead atoms. The Bertz CT molecular complexity index is 250. The average Bonchev–Trinajstić information content (AvgIpc) is 2.13. The first-order chi connectivity index (χ1) is 7.26. The van der Waals surface area contributed by atoms with E-state index in [0.717, 1.165) is 6.42 Å². The van der Waals surface area contributed by atoms with Crippen molar-refractivity contribution in [1.82, 2.24) is 5.32 Å². The summed E-state index contributed by atoms with van der Waals surface area (Å²) < 4.78 is 5.43. The second-order valence-corrected chi connectivity index (χ2v) is 4.39. The van der Waals surface area contributed by atoms with E-state index in [1.54, 1.807) is 0 Å². The van der Waals surface area contributed by atoms with Crippen molar-refractivity contribution in [3.05, 3.63) is 0 Å². The Morgan fingerprint density at radius 3 is 2.44 bits per heavy atom. The fourth-order valence-electron chi connectivity index (χ4n) is 0.944. The molecule has 0 aromatic rings. The summed E-state index contributed by atoms with van der Waals surface area (Å²) in [5, 5.41) is 11.6. The van der Waals surface area contributed by atoms with Crippen molar-refractivity contribution in [2.24, 2.45) is 0 Å². The van der Waals surface area contributed by atoms with Gasteiger partial charge in [0.15, 0.2) is 0 Å². The molecule has 1 unspecified atom stereocenters. The van der Waals surface area contributed by atoms with Gasteiger partial charge in [-0.15, -0.1) is 0 Å². The highest BCUT2D eigenvalue weighted by Crippen LogP contribution is 2.14. The summed E-state index contributed by atoms with van der Waals surface area (Å²) in [5.74, 6) is -0.912. The number of imide groups is 1. The lowest BCUT2D eigenvalue weighted by molar-refractivity contribution is -0.132. The van der Waals surface area contributed by atoms with E-state index in [2.05, 4.69) is 5.32 Å². The van der Waals surface area contributed by atoms with E-state index in [9.17, 15) is 14.7 Å². The minimum Gasteiger partial charge on any atom is -0.390 e. The van der Waals surface area contributed by atoms with Gasteiger partial charge in [0.05, 0.1) is 24.7 Å². The third-order valence-electron chi connectivity index (χ3n) is 2.25. The summed E-state index contributed by atoms with van der Waals surface area (Å²) in [6, 6.07) is 0. The molecule has 0 rings (SSSR count).